The van der Waals surface area contributed by atoms with E-state index in [1.807, 2.05) is 54.6 Å². The number of fused-ring (bicyclic) bond motifs is 2. The zero-order valence-corrected chi connectivity index (χ0v) is 21.1. The fourth-order valence-corrected chi connectivity index (χ4v) is 5.30. The molecule has 0 amide bonds. The summed E-state index contributed by atoms with van der Waals surface area (Å²) in [6.45, 7) is 5.40. The van der Waals surface area contributed by atoms with E-state index in [4.69, 9.17) is 16.7 Å². The molecule has 1 N–H and O–H groups in total. The van der Waals surface area contributed by atoms with Crippen LogP contribution in [0.2, 0.25) is 5.02 Å². The second-order valence-electron chi connectivity index (χ2n) is 9.35. The van der Waals surface area contributed by atoms with Crippen LogP contribution in [0.3, 0.4) is 0 Å². The molecule has 0 atom stereocenters. The SMILES string of the molecule is CN1CCN(CCn2nc(-c3cc4ccccc4n3C(=O)O)c3c(Cl)c(-c4ccccc4)nnc32)CC1. The van der Waals surface area contributed by atoms with Gasteiger partial charge < -0.3 is 10.0 Å². The molecule has 1 fully saturated rings. The number of carboxylic acid groups (broad SMARTS) is 1. The highest BCUT2D eigenvalue weighted by Gasteiger charge is 2.26. The molecule has 0 spiro atoms. The largest absolute Gasteiger partial charge is 0.464 e. The van der Waals surface area contributed by atoms with Crippen LogP contribution in [0.15, 0.2) is 60.7 Å². The third-order valence-corrected chi connectivity index (χ3v) is 7.38. The van der Waals surface area contributed by atoms with Crippen molar-refractivity contribution in [2.45, 2.75) is 6.54 Å². The molecule has 4 heterocycles. The van der Waals surface area contributed by atoms with Gasteiger partial charge in [0.1, 0.15) is 11.4 Å². The van der Waals surface area contributed by atoms with Gasteiger partial charge in [0.15, 0.2) is 5.65 Å². The quantitative estimate of drug-likeness (QED) is 0.367. The van der Waals surface area contributed by atoms with Crippen molar-refractivity contribution >= 4 is 39.6 Å². The van der Waals surface area contributed by atoms with Gasteiger partial charge in [0.05, 0.1) is 28.2 Å². The molecule has 188 valence electrons. The van der Waals surface area contributed by atoms with Gasteiger partial charge in [-0.05, 0) is 19.2 Å². The van der Waals surface area contributed by atoms with Crippen molar-refractivity contribution in [2.24, 2.45) is 0 Å². The summed E-state index contributed by atoms with van der Waals surface area (Å²) in [5.74, 6) is 0. The second kappa shape index (κ2) is 9.59. The molecule has 3 aromatic heterocycles. The van der Waals surface area contributed by atoms with Crippen molar-refractivity contribution in [3.63, 3.8) is 0 Å². The minimum Gasteiger partial charge on any atom is -0.464 e. The van der Waals surface area contributed by atoms with E-state index in [1.54, 1.807) is 10.7 Å². The van der Waals surface area contributed by atoms with Crippen LogP contribution >= 0.6 is 11.6 Å². The molecular formula is C27H26ClN7O2. The third kappa shape index (κ3) is 4.25. The van der Waals surface area contributed by atoms with Crippen molar-refractivity contribution < 1.29 is 9.90 Å². The van der Waals surface area contributed by atoms with E-state index in [1.165, 1.54) is 4.57 Å². The van der Waals surface area contributed by atoms with Crippen molar-refractivity contribution in [1.82, 2.24) is 34.3 Å². The Kier molecular flexibility index (Phi) is 6.11. The standard InChI is InChI=1S/C27H26ClN7O2/c1-32-11-13-33(14-12-32)15-16-34-26-22(23(28)24(29-30-26)18-7-3-2-4-8-18)25(31-34)21-17-19-9-5-6-10-20(19)35(21)27(36)37/h2-10,17H,11-16H2,1H3,(H,36,37). The van der Waals surface area contributed by atoms with Gasteiger partial charge in [-0.2, -0.15) is 5.10 Å². The Morgan fingerprint density at radius 1 is 0.946 bits per heavy atom. The van der Waals surface area contributed by atoms with Crippen LogP contribution in [-0.2, 0) is 6.54 Å². The molecule has 1 aliphatic heterocycles. The topological polar surface area (TPSA) is 92.3 Å². The molecule has 0 saturated carbocycles. The zero-order chi connectivity index (χ0) is 25.5. The summed E-state index contributed by atoms with van der Waals surface area (Å²) in [6.07, 6.45) is -1.09. The van der Waals surface area contributed by atoms with Crippen LogP contribution in [0.1, 0.15) is 0 Å². The Labute approximate surface area is 218 Å². The van der Waals surface area contributed by atoms with E-state index in [-0.39, 0.29) is 0 Å². The van der Waals surface area contributed by atoms with Crippen molar-refractivity contribution in [3.8, 4) is 22.6 Å². The van der Waals surface area contributed by atoms with Crippen molar-refractivity contribution in [2.75, 3.05) is 39.8 Å². The number of carbonyl (C=O) groups is 1. The molecule has 0 radical (unpaired) electrons. The third-order valence-electron chi connectivity index (χ3n) is 7.01. The van der Waals surface area contributed by atoms with Gasteiger partial charge in [0.25, 0.3) is 0 Å². The molecule has 0 aliphatic carbocycles. The normalized spacial score (nSPS) is 15.1. The molecule has 0 unspecified atom stereocenters. The number of aromatic nitrogens is 5. The highest BCUT2D eigenvalue weighted by atomic mass is 35.5. The molecule has 37 heavy (non-hydrogen) atoms. The summed E-state index contributed by atoms with van der Waals surface area (Å²) < 4.78 is 3.07. The lowest BCUT2D eigenvalue weighted by molar-refractivity contribution is 0.149. The average Bonchev–Trinajstić information content (AvgIpc) is 3.48. The Balaban J connectivity index is 1.52. The Morgan fingerprint density at radius 3 is 2.43 bits per heavy atom. The lowest BCUT2D eigenvalue weighted by Gasteiger charge is -2.32. The van der Waals surface area contributed by atoms with Crippen LogP contribution < -0.4 is 0 Å². The fourth-order valence-electron chi connectivity index (χ4n) is 4.97. The summed E-state index contributed by atoms with van der Waals surface area (Å²) in [6, 6.07) is 18.8. The Bertz CT molecular complexity index is 1600. The smallest absolute Gasteiger partial charge is 0.416 e. The summed E-state index contributed by atoms with van der Waals surface area (Å²) in [5.41, 5.74) is 3.42. The van der Waals surface area contributed by atoms with Crippen LogP contribution in [0.4, 0.5) is 4.79 Å². The predicted molar refractivity (Wildman–Crippen MR) is 144 cm³/mol. The summed E-state index contributed by atoms with van der Waals surface area (Å²) in [4.78, 5) is 17.1. The van der Waals surface area contributed by atoms with Gasteiger partial charge in [-0.3, -0.25) is 4.90 Å². The van der Waals surface area contributed by atoms with Crippen LogP contribution in [0.5, 0.6) is 0 Å². The molecular weight excluding hydrogens is 490 g/mol. The first-order chi connectivity index (χ1) is 18.0. The number of benzene rings is 2. The Hall–Kier alpha value is -3.79. The monoisotopic (exact) mass is 515 g/mol. The van der Waals surface area contributed by atoms with Gasteiger partial charge in [-0.1, -0.05) is 60.1 Å². The maximum absolute atomic E-state index is 12.4. The van der Waals surface area contributed by atoms with E-state index in [9.17, 15) is 9.90 Å². The summed E-state index contributed by atoms with van der Waals surface area (Å²) in [7, 11) is 2.13. The number of likely N-dealkylation sites (N-methyl/N-ethyl adjacent to an activating group) is 1. The van der Waals surface area contributed by atoms with Gasteiger partial charge in [-0.25, -0.2) is 14.0 Å². The number of nitrogens with zero attached hydrogens (tertiary/aromatic N) is 7. The molecule has 10 heteroatoms. The number of para-hydroxylation sites is 1. The van der Waals surface area contributed by atoms with Crippen LogP contribution in [0, 0.1) is 0 Å². The van der Waals surface area contributed by atoms with Gasteiger partial charge in [0.2, 0.25) is 0 Å². The molecule has 0 bridgehead atoms. The van der Waals surface area contributed by atoms with Crippen molar-refractivity contribution in [1.29, 1.82) is 0 Å². The molecule has 2 aromatic carbocycles. The van der Waals surface area contributed by atoms with E-state index >= 15 is 0 Å². The van der Waals surface area contributed by atoms with E-state index in [0.29, 0.717) is 45.2 Å². The van der Waals surface area contributed by atoms with Gasteiger partial charge >= 0.3 is 6.09 Å². The first kappa shape index (κ1) is 23.6. The zero-order valence-electron chi connectivity index (χ0n) is 20.4. The highest BCUT2D eigenvalue weighted by Crippen LogP contribution is 2.39. The number of piperazine rings is 1. The minimum atomic E-state index is -1.09. The van der Waals surface area contributed by atoms with E-state index < -0.39 is 6.09 Å². The maximum Gasteiger partial charge on any atom is 0.416 e. The number of hydrogen-bond acceptors (Lipinski definition) is 6. The second-order valence-corrected chi connectivity index (χ2v) is 9.73. The van der Waals surface area contributed by atoms with Crippen molar-refractivity contribution in [3.05, 3.63) is 65.7 Å². The molecule has 1 aliphatic rings. The first-order valence-electron chi connectivity index (χ1n) is 12.2. The first-order valence-corrected chi connectivity index (χ1v) is 12.6. The molecule has 6 rings (SSSR count). The summed E-state index contributed by atoms with van der Waals surface area (Å²) in [5, 5.41) is 25.9. The van der Waals surface area contributed by atoms with E-state index in [2.05, 4.69) is 27.0 Å². The fraction of sp³-hybridized carbons (Fsp3) is 0.259. The predicted octanol–water partition coefficient (Wildman–Crippen LogP) is 4.54. The number of halogens is 1. The van der Waals surface area contributed by atoms with Crippen LogP contribution in [-0.4, -0.2) is 85.3 Å². The van der Waals surface area contributed by atoms with Crippen LogP contribution in [0.25, 0.3) is 44.6 Å². The van der Waals surface area contributed by atoms with Gasteiger partial charge in [0, 0.05) is 43.7 Å². The summed E-state index contributed by atoms with van der Waals surface area (Å²) >= 11 is 7.01. The minimum absolute atomic E-state index is 0.402. The average molecular weight is 516 g/mol. The van der Waals surface area contributed by atoms with E-state index in [0.717, 1.165) is 43.7 Å². The lowest BCUT2D eigenvalue weighted by Crippen LogP contribution is -2.45. The number of hydrogen-bond donors (Lipinski definition) is 1. The number of rotatable bonds is 5. The highest BCUT2D eigenvalue weighted by molar-refractivity contribution is 6.38. The molecule has 9 nitrogen and oxygen atoms in total. The maximum atomic E-state index is 12.4. The molecule has 1 saturated heterocycles. The molecule has 5 aromatic rings. The Morgan fingerprint density at radius 2 is 1.68 bits per heavy atom. The lowest BCUT2D eigenvalue weighted by atomic mass is 10.1. The van der Waals surface area contributed by atoms with Gasteiger partial charge in [-0.15, -0.1) is 10.2 Å².